The zero-order valence-electron chi connectivity index (χ0n) is 12.2. The van der Waals surface area contributed by atoms with Crippen LogP contribution in [0.5, 0.6) is 0 Å². The summed E-state index contributed by atoms with van der Waals surface area (Å²) in [6.07, 6.45) is 3.51. The highest BCUT2D eigenvalue weighted by molar-refractivity contribution is 5.81. The molecule has 1 saturated heterocycles. The first-order valence-corrected chi connectivity index (χ1v) is 7.36. The highest BCUT2D eigenvalue weighted by atomic mass is 16.2. The second kappa shape index (κ2) is 7.74. The normalized spacial score (nSPS) is 19.8. The summed E-state index contributed by atoms with van der Waals surface area (Å²) < 4.78 is 0. The van der Waals surface area contributed by atoms with Gasteiger partial charge >= 0.3 is 0 Å². The van der Waals surface area contributed by atoms with Crippen molar-refractivity contribution in [3.05, 3.63) is 0 Å². The minimum absolute atomic E-state index is 0.0312. The van der Waals surface area contributed by atoms with Crippen LogP contribution >= 0.6 is 0 Å². The molecule has 18 heavy (non-hydrogen) atoms. The Labute approximate surface area is 111 Å². The fraction of sp³-hybridized carbons (Fsp3) is 0.929. The van der Waals surface area contributed by atoms with E-state index >= 15 is 0 Å². The maximum Gasteiger partial charge on any atom is 0.239 e. The molecular formula is C14H29N3O. The standard InChI is InChI=1S/C14H29N3O/c1-4-16(5-2)14(18)12(3)17-10-7-13(6-9-15)8-11-17/h12-13H,4-11,15H2,1-3H3. The highest BCUT2D eigenvalue weighted by Gasteiger charge is 2.28. The lowest BCUT2D eigenvalue weighted by Gasteiger charge is -2.37. The van der Waals surface area contributed by atoms with Gasteiger partial charge in [0.15, 0.2) is 0 Å². The first-order valence-electron chi connectivity index (χ1n) is 7.36. The Kier molecular flexibility index (Phi) is 6.65. The summed E-state index contributed by atoms with van der Waals surface area (Å²) in [5.74, 6) is 1.04. The maximum atomic E-state index is 12.3. The third kappa shape index (κ3) is 3.95. The minimum Gasteiger partial charge on any atom is -0.342 e. The van der Waals surface area contributed by atoms with E-state index in [9.17, 15) is 4.79 Å². The minimum atomic E-state index is 0.0312. The summed E-state index contributed by atoms with van der Waals surface area (Å²) in [6, 6.07) is 0.0312. The molecule has 1 aliphatic heterocycles. The van der Waals surface area contributed by atoms with E-state index in [-0.39, 0.29) is 11.9 Å². The molecule has 4 heteroatoms. The van der Waals surface area contributed by atoms with Crippen molar-refractivity contribution in [3.8, 4) is 0 Å². The lowest BCUT2D eigenvalue weighted by molar-refractivity contribution is -0.136. The molecule has 0 bridgehead atoms. The van der Waals surface area contributed by atoms with Gasteiger partial charge < -0.3 is 10.6 Å². The average Bonchev–Trinajstić information content (AvgIpc) is 2.40. The van der Waals surface area contributed by atoms with Gasteiger partial charge in [0.25, 0.3) is 0 Å². The van der Waals surface area contributed by atoms with E-state index in [4.69, 9.17) is 5.73 Å². The summed E-state index contributed by atoms with van der Waals surface area (Å²) in [5.41, 5.74) is 5.60. The Bertz CT molecular complexity index is 245. The molecule has 2 N–H and O–H groups in total. The number of rotatable bonds is 6. The number of hydrogen-bond acceptors (Lipinski definition) is 3. The SMILES string of the molecule is CCN(CC)C(=O)C(C)N1CCC(CCN)CC1. The van der Waals surface area contributed by atoms with Gasteiger partial charge in [-0.25, -0.2) is 0 Å². The van der Waals surface area contributed by atoms with Gasteiger partial charge in [0, 0.05) is 13.1 Å². The van der Waals surface area contributed by atoms with Crippen LogP contribution in [0.15, 0.2) is 0 Å². The van der Waals surface area contributed by atoms with Crippen LogP contribution in [0.2, 0.25) is 0 Å². The third-order valence-electron chi connectivity index (χ3n) is 4.20. The molecule has 4 nitrogen and oxygen atoms in total. The molecule has 0 aromatic heterocycles. The number of carbonyl (C=O) groups excluding carboxylic acids is 1. The number of likely N-dealkylation sites (tertiary alicyclic amines) is 1. The molecule has 1 unspecified atom stereocenters. The second-order valence-corrected chi connectivity index (χ2v) is 5.24. The van der Waals surface area contributed by atoms with Crippen LogP contribution < -0.4 is 5.73 Å². The molecule has 0 aliphatic carbocycles. The summed E-state index contributed by atoms with van der Waals surface area (Å²) in [7, 11) is 0. The molecule has 0 saturated carbocycles. The van der Waals surface area contributed by atoms with Crippen molar-refractivity contribution in [3.63, 3.8) is 0 Å². The molecular weight excluding hydrogens is 226 g/mol. The van der Waals surface area contributed by atoms with E-state index in [1.807, 2.05) is 25.7 Å². The molecule has 0 spiro atoms. The van der Waals surface area contributed by atoms with Crippen LogP contribution in [0.25, 0.3) is 0 Å². The lowest BCUT2D eigenvalue weighted by Crippen LogP contribution is -2.49. The predicted octanol–water partition coefficient (Wildman–Crippen LogP) is 1.30. The Balaban J connectivity index is 2.44. The van der Waals surface area contributed by atoms with Crippen molar-refractivity contribution in [1.82, 2.24) is 9.80 Å². The molecule has 1 rings (SSSR count). The Morgan fingerprint density at radius 2 is 1.89 bits per heavy atom. The molecule has 106 valence electrons. The predicted molar refractivity (Wildman–Crippen MR) is 75.4 cm³/mol. The fourth-order valence-electron chi connectivity index (χ4n) is 2.82. The first-order chi connectivity index (χ1) is 8.63. The molecule has 1 aliphatic rings. The van der Waals surface area contributed by atoms with Crippen LogP contribution in [0.4, 0.5) is 0 Å². The summed E-state index contributed by atoms with van der Waals surface area (Å²) in [6.45, 7) is 10.6. The number of carbonyl (C=O) groups is 1. The summed E-state index contributed by atoms with van der Waals surface area (Å²) in [5, 5.41) is 0. The third-order valence-corrected chi connectivity index (χ3v) is 4.20. The van der Waals surface area contributed by atoms with Gasteiger partial charge in [-0.1, -0.05) is 0 Å². The van der Waals surface area contributed by atoms with Crippen molar-refractivity contribution in [1.29, 1.82) is 0 Å². The smallest absolute Gasteiger partial charge is 0.239 e. The zero-order chi connectivity index (χ0) is 13.5. The van der Waals surface area contributed by atoms with Crippen molar-refractivity contribution < 1.29 is 4.79 Å². The number of nitrogens with two attached hydrogens (primary N) is 1. The van der Waals surface area contributed by atoms with Crippen molar-refractivity contribution in [2.45, 2.75) is 46.1 Å². The maximum absolute atomic E-state index is 12.3. The van der Waals surface area contributed by atoms with Gasteiger partial charge in [0.2, 0.25) is 5.91 Å². The largest absolute Gasteiger partial charge is 0.342 e. The van der Waals surface area contributed by atoms with Crippen LogP contribution in [0.1, 0.15) is 40.0 Å². The van der Waals surface area contributed by atoms with E-state index in [1.54, 1.807) is 0 Å². The van der Waals surface area contributed by atoms with E-state index in [0.29, 0.717) is 0 Å². The van der Waals surface area contributed by atoms with Gasteiger partial charge in [-0.2, -0.15) is 0 Å². The summed E-state index contributed by atoms with van der Waals surface area (Å²) >= 11 is 0. The highest BCUT2D eigenvalue weighted by Crippen LogP contribution is 2.21. The Hall–Kier alpha value is -0.610. The van der Waals surface area contributed by atoms with Gasteiger partial charge in [-0.15, -0.1) is 0 Å². The van der Waals surface area contributed by atoms with Gasteiger partial charge in [0.1, 0.15) is 0 Å². The summed E-state index contributed by atoms with van der Waals surface area (Å²) in [4.78, 5) is 16.5. The molecule has 1 heterocycles. The lowest BCUT2D eigenvalue weighted by atomic mass is 9.93. The number of hydrogen-bond donors (Lipinski definition) is 1. The van der Waals surface area contributed by atoms with E-state index in [2.05, 4.69) is 4.90 Å². The monoisotopic (exact) mass is 255 g/mol. The molecule has 0 aromatic carbocycles. The van der Waals surface area contributed by atoms with Gasteiger partial charge in [-0.3, -0.25) is 9.69 Å². The van der Waals surface area contributed by atoms with Gasteiger partial charge in [-0.05, 0) is 65.6 Å². The van der Waals surface area contributed by atoms with E-state index < -0.39 is 0 Å². The number of nitrogens with zero attached hydrogens (tertiary/aromatic N) is 2. The van der Waals surface area contributed by atoms with Crippen molar-refractivity contribution in [2.75, 3.05) is 32.7 Å². The number of likely N-dealkylation sites (N-methyl/N-ethyl adjacent to an activating group) is 1. The second-order valence-electron chi connectivity index (χ2n) is 5.24. The topological polar surface area (TPSA) is 49.6 Å². The average molecular weight is 255 g/mol. The number of amides is 1. The Morgan fingerprint density at radius 3 is 2.33 bits per heavy atom. The van der Waals surface area contributed by atoms with Crippen molar-refractivity contribution in [2.24, 2.45) is 11.7 Å². The molecule has 1 amide bonds. The molecule has 1 atom stereocenters. The molecule has 0 aromatic rings. The van der Waals surface area contributed by atoms with Crippen LogP contribution in [0, 0.1) is 5.92 Å². The molecule has 0 radical (unpaired) electrons. The van der Waals surface area contributed by atoms with E-state index in [1.165, 1.54) is 12.8 Å². The number of piperidine rings is 1. The van der Waals surface area contributed by atoms with E-state index in [0.717, 1.165) is 45.1 Å². The first kappa shape index (κ1) is 15.4. The van der Waals surface area contributed by atoms with Crippen molar-refractivity contribution >= 4 is 5.91 Å². The zero-order valence-corrected chi connectivity index (χ0v) is 12.2. The fourth-order valence-corrected chi connectivity index (χ4v) is 2.82. The van der Waals surface area contributed by atoms with Gasteiger partial charge in [0.05, 0.1) is 6.04 Å². The van der Waals surface area contributed by atoms with Crippen LogP contribution in [0.3, 0.4) is 0 Å². The molecule has 1 fully saturated rings. The quantitative estimate of drug-likeness (QED) is 0.778. The van der Waals surface area contributed by atoms with Crippen LogP contribution in [-0.4, -0.2) is 54.5 Å². The Morgan fingerprint density at radius 1 is 1.33 bits per heavy atom. The van der Waals surface area contributed by atoms with Crippen LogP contribution in [-0.2, 0) is 4.79 Å².